The van der Waals surface area contributed by atoms with Crippen molar-refractivity contribution >= 4 is 5.91 Å². The Hall–Kier alpha value is -1.43. The lowest BCUT2D eigenvalue weighted by atomic mass is 10.2. The van der Waals surface area contributed by atoms with Crippen LogP contribution in [-0.2, 0) is 17.9 Å². The zero-order chi connectivity index (χ0) is 13.0. The largest absolute Gasteiger partial charge is 0.351 e. The van der Waals surface area contributed by atoms with Crippen molar-refractivity contribution in [3.8, 4) is 0 Å². The molecule has 18 heavy (non-hydrogen) atoms. The number of rotatable bonds is 6. The average Bonchev–Trinajstić information content (AvgIpc) is 2.89. The monoisotopic (exact) mass is 251 g/mol. The van der Waals surface area contributed by atoms with Crippen LogP contribution >= 0.6 is 0 Å². The Balaban J connectivity index is 1.77. The standard InChI is InChI=1S/C12H21N5O/c1-9(2)5-13-6-11-8-17(16-15-11)7-10-3-4-12(18)14-10/h8-10,13H,3-7H2,1-2H3,(H,14,18). The predicted octanol–water partition coefficient (Wildman–Crippen LogP) is 0.302. The highest BCUT2D eigenvalue weighted by Crippen LogP contribution is 2.08. The molecule has 0 aliphatic carbocycles. The van der Waals surface area contributed by atoms with E-state index in [1.54, 1.807) is 0 Å². The van der Waals surface area contributed by atoms with E-state index in [1.807, 2.05) is 10.9 Å². The summed E-state index contributed by atoms with van der Waals surface area (Å²) < 4.78 is 1.81. The molecule has 6 nitrogen and oxygen atoms in total. The van der Waals surface area contributed by atoms with Gasteiger partial charge in [-0.2, -0.15) is 0 Å². The van der Waals surface area contributed by atoms with Gasteiger partial charge in [0.05, 0.1) is 12.2 Å². The number of aromatic nitrogens is 3. The first kappa shape index (κ1) is 13.0. The van der Waals surface area contributed by atoms with E-state index in [-0.39, 0.29) is 11.9 Å². The quantitative estimate of drug-likeness (QED) is 0.763. The van der Waals surface area contributed by atoms with Crippen LogP contribution in [0.25, 0.3) is 0 Å². The number of hydrogen-bond donors (Lipinski definition) is 2. The van der Waals surface area contributed by atoms with Gasteiger partial charge in [0.25, 0.3) is 0 Å². The summed E-state index contributed by atoms with van der Waals surface area (Å²) in [7, 11) is 0. The van der Waals surface area contributed by atoms with Crippen LogP contribution in [0.5, 0.6) is 0 Å². The van der Waals surface area contributed by atoms with Gasteiger partial charge in [-0.05, 0) is 18.9 Å². The van der Waals surface area contributed by atoms with Gasteiger partial charge >= 0.3 is 0 Å². The van der Waals surface area contributed by atoms with E-state index in [0.29, 0.717) is 18.9 Å². The van der Waals surface area contributed by atoms with E-state index >= 15 is 0 Å². The normalized spacial score (nSPS) is 19.5. The molecule has 2 N–H and O–H groups in total. The summed E-state index contributed by atoms with van der Waals surface area (Å²) in [6.07, 6.45) is 3.46. The Morgan fingerprint density at radius 1 is 1.61 bits per heavy atom. The van der Waals surface area contributed by atoms with Gasteiger partial charge in [0.2, 0.25) is 5.91 Å². The van der Waals surface area contributed by atoms with Crippen molar-refractivity contribution in [2.45, 2.75) is 45.8 Å². The molecule has 1 atom stereocenters. The molecule has 1 amide bonds. The van der Waals surface area contributed by atoms with Gasteiger partial charge in [-0.15, -0.1) is 5.10 Å². The van der Waals surface area contributed by atoms with Crippen LogP contribution in [0.2, 0.25) is 0 Å². The fraction of sp³-hybridized carbons (Fsp3) is 0.750. The Morgan fingerprint density at radius 3 is 3.11 bits per heavy atom. The van der Waals surface area contributed by atoms with Crippen molar-refractivity contribution < 1.29 is 4.79 Å². The summed E-state index contributed by atoms with van der Waals surface area (Å²) in [6.45, 7) is 6.78. The summed E-state index contributed by atoms with van der Waals surface area (Å²) in [5, 5.41) is 14.4. The van der Waals surface area contributed by atoms with Crippen molar-refractivity contribution in [1.82, 2.24) is 25.6 Å². The molecule has 2 rings (SSSR count). The van der Waals surface area contributed by atoms with E-state index in [9.17, 15) is 4.79 Å². The first-order valence-corrected chi connectivity index (χ1v) is 6.52. The summed E-state index contributed by atoms with van der Waals surface area (Å²) in [6, 6.07) is 0.204. The third kappa shape index (κ3) is 3.80. The molecule has 0 aromatic carbocycles. The molecular formula is C12H21N5O. The minimum atomic E-state index is 0.138. The minimum Gasteiger partial charge on any atom is -0.351 e. The average molecular weight is 251 g/mol. The van der Waals surface area contributed by atoms with Crippen LogP contribution in [0, 0.1) is 5.92 Å². The smallest absolute Gasteiger partial charge is 0.220 e. The van der Waals surface area contributed by atoms with Crippen molar-refractivity contribution in [1.29, 1.82) is 0 Å². The molecule has 1 saturated heterocycles. The third-order valence-corrected chi connectivity index (χ3v) is 2.94. The topological polar surface area (TPSA) is 71.8 Å². The Bertz CT molecular complexity index is 401. The summed E-state index contributed by atoms with van der Waals surface area (Å²) in [5.74, 6) is 0.771. The Morgan fingerprint density at radius 2 is 2.44 bits per heavy atom. The fourth-order valence-electron chi connectivity index (χ4n) is 2.04. The molecule has 1 fully saturated rings. The van der Waals surface area contributed by atoms with Gasteiger partial charge in [-0.25, -0.2) is 0 Å². The summed E-state index contributed by atoms with van der Waals surface area (Å²) in [5.41, 5.74) is 0.944. The van der Waals surface area contributed by atoms with Gasteiger partial charge < -0.3 is 10.6 Å². The van der Waals surface area contributed by atoms with E-state index in [1.165, 1.54) is 0 Å². The minimum absolute atomic E-state index is 0.138. The highest BCUT2D eigenvalue weighted by atomic mass is 16.1. The lowest BCUT2D eigenvalue weighted by Gasteiger charge is -2.08. The second-order valence-corrected chi connectivity index (χ2v) is 5.26. The van der Waals surface area contributed by atoms with Crippen LogP contribution in [0.1, 0.15) is 32.4 Å². The molecule has 1 aromatic rings. The molecule has 0 spiro atoms. The molecule has 0 saturated carbocycles. The van der Waals surface area contributed by atoms with Gasteiger partial charge in [0.1, 0.15) is 0 Å². The fourth-order valence-corrected chi connectivity index (χ4v) is 2.04. The van der Waals surface area contributed by atoms with Gasteiger partial charge in [0, 0.05) is 25.2 Å². The first-order valence-electron chi connectivity index (χ1n) is 6.52. The zero-order valence-corrected chi connectivity index (χ0v) is 11.0. The number of carbonyl (C=O) groups excluding carboxylic acids is 1. The van der Waals surface area contributed by atoms with Crippen molar-refractivity contribution in [3.63, 3.8) is 0 Å². The molecule has 1 unspecified atom stereocenters. The first-order chi connectivity index (χ1) is 8.63. The van der Waals surface area contributed by atoms with Crippen LogP contribution < -0.4 is 10.6 Å². The van der Waals surface area contributed by atoms with Gasteiger partial charge in [0.15, 0.2) is 0 Å². The second kappa shape index (κ2) is 5.95. The molecule has 1 aliphatic rings. The lowest BCUT2D eigenvalue weighted by molar-refractivity contribution is -0.119. The number of nitrogens with one attached hydrogen (secondary N) is 2. The molecule has 1 aromatic heterocycles. The maximum atomic E-state index is 11.1. The van der Waals surface area contributed by atoms with Crippen LogP contribution in [0.4, 0.5) is 0 Å². The maximum absolute atomic E-state index is 11.1. The third-order valence-electron chi connectivity index (χ3n) is 2.94. The van der Waals surface area contributed by atoms with Crippen LogP contribution in [0.15, 0.2) is 6.20 Å². The molecule has 100 valence electrons. The van der Waals surface area contributed by atoms with Gasteiger partial charge in [-0.3, -0.25) is 9.48 Å². The maximum Gasteiger partial charge on any atom is 0.220 e. The molecule has 2 heterocycles. The second-order valence-electron chi connectivity index (χ2n) is 5.26. The van der Waals surface area contributed by atoms with E-state index in [0.717, 1.165) is 25.2 Å². The number of nitrogens with zero attached hydrogens (tertiary/aromatic N) is 3. The highest BCUT2D eigenvalue weighted by Gasteiger charge is 2.21. The Kier molecular flexibility index (Phi) is 4.30. The van der Waals surface area contributed by atoms with Crippen LogP contribution in [-0.4, -0.2) is 33.5 Å². The van der Waals surface area contributed by atoms with Crippen LogP contribution in [0.3, 0.4) is 0 Å². The van der Waals surface area contributed by atoms with Crippen molar-refractivity contribution in [2.75, 3.05) is 6.54 Å². The van der Waals surface area contributed by atoms with Crippen molar-refractivity contribution in [2.24, 2.45) is 5.92 Å². The van der Waals surface area contributed by atoms with E-state index in [2.05, 4.69) is 34.8 Å². The zero-order valence-electron chi connectivity index (χ0n) is 11.0. The van der Waals surface area contributed by atoms with Gasteiger partial charge in [-0.1, -0.05) is 19.1 Å². The number of hydrogen-bond acceptors (Lipinski definition) is 4. The van der Waals surface area contributed by atoms with Crippen molar-refractivity contribution in [3.05, 3.63) is 11.9 Å². The predicted molar refractivity (Wildman–Crippen MR) is 67.7 cm³/mol. The molecule has 0 bridgehead atoms. The lowest BCUT2D eigenvalue weighted by Crippen LogP contribution is -2.29. The molecule has 0 radical (unpaired) electrons. The SMILES string of the molecule is CC(C)CNCc1cn(CC2CCC(=O)N2)nn1. The molecule has 1 aliphatic heterocycles. The number of carbonyl (C=O) groups is 1. The Labute approximate surface area is 107 Å². The summed E-state index contributed by atoms with van der Waals surface area (Å²) in [4.78, 5) is 11.1. The summed E-state index contributed by atoms with van der Waals surface area (Å²) >= 11 is 0. The van der Waals surface area contributed by atoms with E-state index in [4.69, 9.17) is 0 Å². The number of amides is 1. The van der Waals surface area contributed by atoms with E-state index < -0.39 is 0 Å². The molecule has 6 heteroatoms. The molecular weight excluding hydrogens is 230 g/mol. The highest BCUT2D eigenvalue weighted by molar-refractivity contribution is 5.78.